The zero-order valence-corrected chi connectivity index (χ0v) is 11.8. The van der Waals surface area contributed by atoms with Crippen molar-refractivity contribution in [2.75, 3.05) is 13.1 Å². The fourth-order valence-corrected chi connectivity index (χ4v) is 3.23. The summed E-state index contributed by atoms with van der Waals surface area (Å²) >= 11 is 1.65. The Bertz CT molecular complexity index is 369. The second-order valence-electron chi connectivity index (χ2n) is 5.45. The number of rotatable bonds is 4. The molecule has 1 unspecified atom stereocenters. The molecule has 17 heavy (non-hydrogen) atoms. The molecule has 0 saturated carbocycles. The van der Waals surface area contributed by atoms with E-state index in [0.717, 1.165) is 23.8 Å². The van der Waals surface area contributed by atoms with E-state index in [4.69, 9.17) is 0 Å². The Kier molecular flexibility index (Phi) is 3.85. The van der Waals surface area contributed by atoms with E-state index in [1.54, 1.807) is 11.3 Å². The number of hydrogen-bond acceptors (Lipinski definition) is 4. The molecule has 0 spiro atoms. The molecule has 2 rings (SSSR count). The van der Waals surface area contributed by atoms with Crippen molar-refractivity contribution in [2.45, 2.75) is 51.7 Å². The zero-order chi connectivity index (χ0) is 12.5. The highest BCUT2D eigenvalue weighted by atomic mass is 32.1. The summed E-state index contributed by atoms with van der Waals surface area (Å²) in [6.07, 6.45) is 2.84. The van der Waals surface area contributed by atoms with E-state index in [9.17, 15) is 5.11 Å². The quantitative estimate of drug-likeness (QED) is 0.895. The van der Waals surface area contributed by atoms with E-state index < -0.39 is 0 Å². The lowest BCUT2D eigenvalue weighted by Gasteiger charge is -2.39. The van der Waals surface area contributed by atoms with Crippen LogP contribution in [0.1, 0.15) is 37.4 Å². The fourth-order valence-electron chi connectivity index (χ4n) is 2.42. The third-order valence-electron chi connectivity index (χ3n) is 3.77. The molecule has 1 N–H and O–H groups in total. The van der Waals surface area contributed by atoms with Crippen LogP contribution in [0.2, 0.25) is 0 Å². The Balaban J connectivity index is 2.00. The number of nitrogens with zero attached hydrogens (tertiary/aromatic N) is 2. The Hall–Kier alpha value is -0.450. The maximum Gasteiger partial charge on any atom is 0.0954 e. The van der Waals surface area contributed by atoms with Crippen LogP contribution in [0.3, 0.4) is 0 Å². The Morgan fingerprint density at radius 3 is 2.65 bits per heavy atom. The smallest absolute Gasteiger partial charge is 0.0954 e. The summed E-state index contributed by atoms with van der Waals surface area (Å²) in [4.78, 5) is 6.83. The fraction of sp³-hybridized carbons (Fsp3) is 0.769. The molecule has 3 nitrogen and oxygen atoms in total. The van der Waals surface area contributed by atoms with Crippen LogP contribution in [0.4, 0.5) is 0 Å². The molecule has 1 aliphatic rings. The predicted octanol–water partition coefficient (Wildman–Crippen LogP) is 2.23. The van der Waals surface area contributed by atoms with Gasteiger partial charge < -0.3 is 5.11 Å². The van der Waals surface area contributed by atoms with Crippen LogP contribution in [0.15, 0.2) is 5.38 Å². The van der Waals surface area contributed by atoms with Gasteiger partial charge in [-0.2, -0.15) is 0 Å². The Labute approximate surface area is 107 Å². The van der Waals surface area contributed by atoms with E-state index in [2.05, 4.69) is 23.7 Å². The third-order valence-corrected chi connectivity index (χ3v) is 4.76. The molecule has 1 atom stereocenters. The maximum absolute atomic E-state index is 10.4. The summed E-state index contributed by atoms with van der Waals surface area (Å²) in [5.41, 5.74) is 0.909. The molecular formula is C13H22N2OS. The number of hydrogen-bond donors (Lipinski definition) is 1. The van der Waals surface area contributed by atoms with Gasteiger partial charge in [0.15, 0.2) is 0 Å². The molecule has 1 fully saturated rings. The lowest BCUT2D eigenvalue weighted by molar-refractivity contribution is 0.00334. The average molecular weight is 254 g/mol. The van der Waals surface area contributed by atoms with E-state index >= 15 is 0 Å². The highest BCUT2D eigenvalue weighted by Crippen LogP contribution is 2.26. The first-order valence-corrected chi connectivity index (χ1v) is 7.22. The normalized spacial score (nSPS) is 19.8. The second-order valence-corrected chi connectivity index (χ2v) is 6.39. The van der Waals surface area contributed by atoms with Crippen LogP contribution in [0.25, 0.3) is 0 Å². The molecule has 4 heteroatoms. The van der Waals surface area contributed by atoms with Crippen molar-refractivity contribution >= 4 is 11.3 Å². The van der Waals surface area contributed by atoms with Crippen LogP contribution >= 0.6 is 11.3 Å². The molecule has 1 saturated heterocycles. The van der Waals surface area contributed by atoms with Crippen molar-refractivity contribution in [1.29, 1.82) is 0 Å². The predicted molar refractivity (Wildman–Crippen MR) is 71.4 cm³/mol. The van der Waals surface area contributed by atoms with Crippen LogP contribution in [-0.4, -0.2) is 39.7 Å². The number of aromatic nitrogens is 1. The Morgan fingerprint density at radius 2 is 2.12 bits per heavy atom. The van der Waals surface area contributed by atoms with E-state index in [0.29, 0.717) is 6.42 Å². The van der Waals surface area contributed by atoms with Crippen molar-refractivity contribution in [3.8, 4) is 0 Å². The van der Waals surface area contributed by atoms with Crippen LogP contribution in [0, 0.1) is 6.92 Å². The molecule has 0 amide bonds. The number of aliphatic hydroxyl groups excluding tert-OH is 1. The molecule has 0 aliphatic carbocycles. The summed E-state index contributed by atoms with van der Waals surface area (Å²) in [7, 11) is 0. The lowest BCUT2D eigenvalue weighted by Crippen LogP contribution is -2.51. The molecule has 1 aromatic heterocycles. The molecule has 96 valence electrons. The van der Waals surface area contributed by atoms with Crippen molar-refractivity contribution in [2.24, 2.45) is 0 Å². The van der Waals surface area contributed by atoms with Gasteiger partial charge in [-0.25, -0.2) is 4.98 Å². The topological polar surface area (TPSA) is 36.4 Å². The number of aliphatic hydroxyl groups is 1. The highest BCUT2D eigenvalue weighted by Gasteiger charge is 2.36. The molecule has 2 heterocycles. The van der Waals surface area contributed by atoms with E-state index in [-0.39, 0.29) is 11.6 Å². The largest absolute Gasteiger partial charge is 0.391 e. The highest BCUT2D eigenvalue weighted by molar-refractivity contribution is 7.09. The molecule has 0 aromatic carbocycles. The Morgan fingerprint density at radius 1 is 1.47 bits per heavy atom. The van der Waals surface area contributed by atoms with Gasteiger partial charge in [0.1, 0.15) is 0 Å². The number of likely N-dealkylation sites (tertiary alicyclic amines) is 1. The first-order chi connectivity index (χ1) is 8.00. The van der Waals surface area contributed by atoms with Crippen LogP contribution in [0.5, 0.6) is 0 Å². The van der Waals surface area contributed by atoms with Gasteiger partial charge in [0.25, 0.3) is 0 Å². The second kappa shape index (κ2) is 5.04. The minimum atomic E-state index is -0.342. The first kappa shape index (κ1) is 13.0. The number of aryl methyl sites for hydroxylation is 1. The van der Waals surface area contributed by atoms with Gasteiger partial charge >= 0.3 is 0 Å². The average Bonchev–Trinajstić information content (AvgIpc) is 2.89. The molecule has 1 aliphatic heterocycles. The summed E-state index contributed by atoms with van der Waals surface area (Å²) in [5, 5.41) is 13.5. The van der Waals surface area contributed by atoms with Gasteiger partial charge in [-0.3, -0.25) is 4.90 Å². The van der Waals surface area contributed by atoms with Crippen LogP contribution < -0.4 is 0 Å². The van der Waals surface area contributed by atoms with E-state index in [1.165, 1.54) is 12.8 Å². The molecule has 0 bridgehead atoms. The van der Waals surface area contributed by atoms with Gasteiger partial charge in [-0.1, -0.05) is 0 Å². The summed E-state index contributed by atoms with van der Waals surface area (Å²) in [6.45, 7) is 8.51. The van der Waals surface area contributed by atoms with Crippen molar-refractivity contribution in [3.05, 3.63) is 16.1 Å². The summed E-state index contributed by atoms with van der Waals surface area (Å²) in [5.74, 6) is 0. The third kappa shape index (κ3) is 2.87. The minimum absolute atomic E-state index is 0.143. The monoisotopic (exact) mass is 254 g/mol. The van der Waals surface area contributed by atoms with E-state index in [1.807, 2.05) is 12.3 Å². The minimum Gasteiger partial charge on any atom is -0.391 e. The maximum atomic E-state index is 10.4. The zero-order valence-electron chi connectivity index (χ0n) is 10.9. The van der Waals surface area contributed by atoms with Crippen molar-refractivity contribution < 1.29 is 5.11 Å². The van der Waals surface area contributed by atoms with Gasteiger partial charge in [0.2, 0.25) is 0 Å². The van der Waals surface area contributed by atoms with Gasteiger partial charge in [0, 0.05) is 23.0 Å². The standard InChI is InChI=1S/C13H22N2OS/c1-10-9-17-12(14-10)8-11(16)13(2,3)15-6-4-5-7-15/h9,11,16H,4-8H2,1-3H3. The SMILES string of the molecule is Cc1csc(CC(O)C(C)(C)N2CCCC2)n1. The molecule has 1 aromatic rings. The number of thiazole rings is 1. The molecule has 0 radical (unpaired) electrons. The van der Waals surface area contributed by atoms with Crippen molar-refractivity contribution in [1.82, 2.24) is 9.88 Å². The molecular weight excluding hydrogens is 232 g/mol. The van der Waals surface area contributed by atoms with Crippen molar-refractivity contribution in [3.63, 3.8) is 0 Å². The van der Waals surface area contributed by atoms with Gasteiger partial charge in [-0.15, -0.1) is 11.3 Å². The van der Waals surface area contributed by atoms with Gasteiger partial charge in [-0.05, 0) is 46.7 Å². The first-order valence-electron chi connectivity index (χ1n) is 6.34. The lowest BCUT2D eigenvalue weighted by atomic mass is 9.93. The summed E-state index contributed by atoms with van der Waals surface area (Å²) in [6, 6.07) is 0. The van der Waals surface area contributed by atoms with Gasteiger partial charge in [0.05, 0.1) is 11.1 Å². The van der Waals surface area contributed by atoms with Crippen LogP contribution in [-0.2, 0) is 6.42 Å². The summed E-state index contributed by atoms with van der Waals surface area (Å²) < 4.78 is 0.